The molecule has 5 nitrogen and oxygen atoms in total. The molecule has 1 N–H and O–H groups in total. The van der Waals surface area contributed by atoms with Gasteiger partial charge in [-0.05, 0) is 42.1 Å². The molecule has 0 spiro atoms. The lowest BCUT2D eigenvalue weighted by atomic mass is 10.1. The fraction of sp³-hybridized carbons (Fsp3) is 0. The maximum absolute atomic E-state index is 12.1. The Morgan fingerprint density at radius 3 is 2.23 bits per heavy atom. The number of carbonyl (C=O) groups excluding carboxylic acids is 1. The van der Waals surface area contributed by atoms with Crippen LogP contribution in [0, 0.1) is 0 Å². The van der Waals surface area contributed by atoms with E-state index in [4.69, 9.17) is 5.10 Å². The number of para-hydroxylation sites is 2. The summed E-state index contributed by atoms with van der Waals surface area (Å²) in [4.78, 5) is 17.5. The summed E-state index contributed by atoms with van der Waals surface area (Å²) in [7, 11) is 0. The van der Waals surface area contributed by atoms with Crippen LogP contribution in [0.4, 0.5) is 10.5 Å². The van der Waals surface area contributed by atoms with Gasteiger partial charge in [-0.1, -0.05) is 66.7 Å². The van der Waals surface area contributed by atoms with Gasteiger partial charge in [0.05, 0.1) is 22.0 Å². The van der Waals surface area contributed by atoms with Crippen molar-refractivity contribution in [3.05, 3.63) is 108 Å². The summed E-state index contributed by atoms with van der Waals surface area (Å²) < 4.78 is 1.86. The largest absolute Gasteiger partial charge is 0.300 e. The zero-order valence-corrected chi connectivity index (χ0v) is 17.3. The molecule has 150 valence electrons. The molecular weight excluding hydrogens is 404 g/mol. The predicted molar refractivity (Wildman–Crippen MR) is 127 cm³/mol. The molecule has 1 aliphatic rings. The van der Waals surface area contributed by atoms with Crippen molar-refractivity contribution >= 4 is 34.6 Å². The van der Waals surface area contributed by atoms with Gasteiger partial charge in [-0.3, -0.25) is 4.79 Å². The van der Waals surface area contributed by atoms with Gasteiger partial charge in [0, 0.05) is 17.3 Å². The van der Waals surface area contributed by atoms with E-state index in [1.54, 1.807) is 0 Å². The van der Waals surface area contributed by atoms with Gasteiger partial charge >= 0.3 is 0 Å². The van der Waals surface area contributed by atoms with E-state index in [2.05, 4.69) is 10.3 Å². The maximum Gasteiger partial charge on any atom is 0.289 e. The first kappa shape index (κ1) is 19.1. The molecule has 5 rings (SSSR count). The molecule has 1 aliphatic heterocycles. The third-order valence-corrected chi connectivity index (χ3v) is 5.57. The number of amidine groups is 1. The SMILES string of the molecule is O=C1NC(=Nc2ccccc2)/C(=C/c2cn(-c3ccccc3)nc2-c2ccccc2)S1. The Morgan fingerprint density at radius 1 is 0.871 bits per heavy atom. The average molecular weight is 423 g/mol. The topological polar surface area (TPSA) is 59.3 Å². The lowest BCUT2D eigenvalue weighted by molar-refractivity contribution is 0.265. The summed E-state index contributed by atoms with van der Waals surface area (Å²) in [6.45, 7) is 0. The van der Waals surface area contributed by atoms with Crippen molar-refractivity contribution in [2.75, 3.05) is 0 Å². The Kier molecular flexibility index (Phi) is 5.21. The lowest BCUT2D eigenvalue weighted by Gasteiger charge is -2.01. The molecule has 1 saturated heterocycles. The van der Waals surface area contributed by atoms with Crippen LogP contribution < -0.4 is 5.32 Å². The first-order valence-electron chi connectivity index (χ1n) is 9.81. The fourth-order valence-corrected chi connectivity index (χ4v) is 4.04. The highest BCUT2D eigenvalue weighted by atomic mass is 32.2. The van der Waals surface area contributed by atoms with Crippen molar-refractivity contribution in [2.24, 2.45) is 4.99 Å². The zero-order chi connectivity index (χ0) is 21.0. The standard InChI is InChI=1S/C25H18N4OS/c30-25-27-24(26-20-12-6-2-7-13-20)22(31-25)16-19-17-29(21-14-8-3-9-15-21)28-23(19)18-10-4-1-5-11-18/h1-17H,(H,26,27,30)/b22-16-. The average Bonchev–Trinajstić information content (AvgIpc) is 3.39. The number of nitrogens with zero attached hydrogens (tertiary/aromatic N) is 3. The predicted octanol–water partition coefficient (Wildman–Crippen LogP) is 6.07. The minimum Gasteiger partial charge on any atom is -0.300 e. The molecule has 3 aromatic carbocycles. The summed E-state index contributed by atoms with van der Waals surface area (Å²) >= 11 is 1.14. The number of aliphatic imine (C=N–C) groups is 1. The fourth-order valence-electron chi connectivity index (χ4n) is 3.31. The molecule has 0 bridgehead atoms. The van der Waals surface area contributed by atoms with Gasteiger partial charge in [0.1, 0.15) is 5.84 Å². The van der Waals surface area contributed by atoms with Crippen molar-refractivity contribution in [3.63, 3.8) is 0 Å². The minimum atomic E-state index is -0.141. The molecule has 1 aromatic heterocycles. The number of nitrogens with one attached hydrogen (secondary N) is 1. The van der Waals surface area contributed by atoms with Gasteiger partial charge in [-0.15, -0.1) is 0 Å². The van der Waals surface area contributed by atoms with Crippen LogP contribution in [0.3, 0.4) is 0 Å². The molecule has 4 aromatic rings. The molecule has 0 unspecified atom stereocenters. The summed E-state index contributed by atoms with van der Waals surface area (Å²) in [5.74, 6) is 0.549. The van der Waals surface area contributed by atoms with E-state index in [1.807, 2.05) is 108 Å². The Morgan fingerprint density at radius 2 is 1.52 bits per heavy atom. The van der Waals surface area contributed by atoms with E-state index in [1.165, 1.54) is 0 Å². The van der Waals surface area contributed by atoms with E-state index in [-0.39, 0.29) is 5.24 Å². The summed E-state index contributed by atoms with van der Waals surface area (Å²) in [6.07, 6.45) is 3.95. The second-order valence-corrected chi connectivity index (χ2v) is 7.91. The number of hydrogen-bond acceptors (Lipinski definition) is 4. The highest BCUT2D eigenvalue weighted by Crippen LogP contribution is 2.32. The Balaban J connectivity index is 1.61. The van der Waals surface area contributed by atoms with Gasteiger partial charge in [0.2, 0.25) is 0 Å². The number of carbonyl (C=O) groups is 1. The molecule has 0 atom stereocenters. The lowest BCUT2D eigenvalue weighted by Crippen LogP contribution is -2.18. The summed E-state index contributed by atoms with van der Waals surface area (Å²) in [5.41, 5.74) is 4.52. The smallest absolute Gasteiger partial charge is 0.289 e. The van der Waals surface area contributed by atoms with Crippen molar-refractivity contribution in [3.8, 4) is 16.9 Å². The number of aromatic nitrogens is 2. The van der Waals surface area contributed by atoms with E-state index in [9.17, 15) is 4.79 Å². The van der Waals surface area contributed by atoms with Crippen LogP contribution in [0.5, 0.6) is 0 Å². The molecular formula is C25H18N4OS. The number of benzene rings is 3. The Labute approximate surface area is 184 Å². The molecule has 0 saturated carbocycles. The van der Waals surface area contributed by atoms with Crippen molar-refractivity contribution in [2.45, 2.75) is 0 Å². The Hall–Kier alpha value is -3.90. The maximum atomic E-state index is 12.1. The van der Waals surface area contributed by atoms with Crippen LogP contribution in [-0.4, -0.2) is 20.9 Å². The highest BCUT2D eigenvalue weighted by molar-refractivity contribution is 8.18. The zero-order valence-electron chi connectivity index (χ0n) is 16.5. The van der Waals surface area contributed by atoms with Gasteiger partial charge in [0.15, 0.2) is 0 Å². The van der Waals surface area contributed by atoms with Crippen LogP contribution in [0.1, 0.15) is 5.56 Å². The number of amides is 1. The van der Waals surface area contributed by atoms with Crippen LogP contribution in [0.2, 0.25) is 0 Å². The van der Waals surface area contributed by atoms with Crippen molar-refractivity contribution in [1.29, 1.82) is 0 Å². The van der Waals surface area contributed by atoms with Crippen LogP contribution in [-0.2, 0) is 0 Å². The van der Waals surface area contributed by atoms with Crippen molar-refractivity contribution < 1.29 is 4.79 Å². The van der Waals surface area contributed by atoms with Crippen LogP contribution in [0.25, 0.3) is 23.0 Å². The molecule has 6 heteroatoms. The second kappa shape index (κ2) is 8.45. The molecule has 0 aliphatic carbocycles. The van der Waals surface area contributed by atoms with Gasteiger partial charge < -0.3 is 5.32 Å². The number of thioether (sulfide) groups is 1. The van der Waals surface area contributed by atoms with Crippen molar-refractivity contribution in [1.82, 2.24) is 15.1 Å². The van der Waals surface area contributed by atoms with E-state index in [0.29, 0.717) is 5.84 Å². The van der Waals surface area contributed by atoms with Crippen LogP contribution >= 0.6 is 11.8 Å². The normalized spacial score (nSPS) is 16.1. The molecule has 1 fully saturated rings. The van der Waals surface area contributed by atoms with E-state index < -0.39 is 0 Å². The van der Waals surface area contributed by atoms with E-state index >= 15 is 0 Å². The third kappa shape index (κ3) is 4.20. The summed E-state index contributed by atoms with van der Waals surface area (Å²) in [5, 5.41) is 7.55. The van der Waals surface area contributed by atoms with Gasteiger partial charge in [-0.2, -0.15) is 5.10 Å². The monoisotopic (exact) mass is 422 g/mol. The summed E-state index contributed by atoms with van der Waals surface area (Å²) in [6, 6.07) is 29.6. The molecule has 2 heterocycles. The first-order valence-corrected chi connectivity index (χ1v) is 10.6. The number of rotatable bonds is 4. The molecule has 31 heavy (non-hydrogen) atoms. The van der Waals surface area contributed by atoms with Gasteiger partial charge in [0.25, 0.3) is 5.24 Å². The molecule has 1 amide bonds. The van der Waals surface area contributed by atoms with Gasteiger partial charge in [-0.25, -0.2) is 9.67 Å². The third-order valence-electron chi connectivity index (χ3n) is 4.75. The van der Waals surface area contributed by atoms with Crippen LogP contribution in [0.15, 0.2) is 107 Å². The van der Waals surface area contributed by atoms with E-state index in [0.717, 1.165) is 44.9 Å². The Bertz CT molecular complexity index is 1280. The molecule has 0 radical (unpaired) electrons. The highest BCUT2D eigenvalue weighted by Gasteiger charge is 2.24. The quantitative estimate of drug-likeness (QED) is 0.434. The number of hydrogen-bond donors (Lipinski definition) is 1. The first-order chi connectivity index (χ1) is 15.3. The second-order valence-electron chi connectivity index (χ2n) is 6.90. The minimum absolute atomic E-state index is 0.141.